The lowest BCUT2D eigenvalue weighted by atomic mass is 10.1. The Balaban J connectivity index is 0.000000168. The number of benzene rings is 4. The number of phenolic OH excluding ortho intramolecular Hbond substituents is 4. The molecule has 10 heteroatoms. The smallest absolute Gasteiger partial charge is 0.266 e. The van der Waals surface area contributed by atoms with Crippen molar-refractivity contribution in [3.8, 4) is 45.9 Å². The number of hydrogen-bond acceptors (Lipinski definition) is 8. The zero-order chi connectivity index (χ0) is 30.0. The molecule has 212 valence electrons. The Labute approximate surface area is 238 Å². The largest absolute Gasteiger partial charge is 0.508 e. The van der Waals surface area contributed by atoms with Crippen molar-refractivity contribution in [1.29, 1.82) is 0 Å². The van der Waals surface area contributed by atoms with Crippen LogP contribution in [0.15, 0.2) is 107 Å². The van der Waals surface area contributed by atoms with Crippen LogP contribution in [-0.2, 0) is 0 Å². The Morgan fingerprint density at radius 2 is 0.881 bits per heavy atom. The molecule has 6 rings (SSSR count). The summed E-state index contributed by atoms with van der Waals surface area (Å²) in [5, 5.41) is 40.4. The highest BCUT2D eigenvalue weighted by atomic mass is 16.5. The summed E-state index contributed by atoms with van der Waals surface area (Å²) in [6.07, 6.45) is 3.24. The van der Waals surface area contributed by atoms with E-state index < -0.39 is 0 Å². The van der Waals surface area contributed by atoms with Crippen LogP contribution < -0.4 is 20.6 Å². The fraction of sp³-hybridized carbons (Fsp3) is 0.0625. The van der Waals surface area contributed by atoms with Crippen molar-refractivity contribution in [1.82, 2.24) is 9.13 Å². The zero-order valence-corrected chi connectivity index (χ0v) is 22.6. The molecule has 10 nitrogen and oxygen atoms in total. The van der Waals surface area contributed by atoms with Crippen molar-refractivity contribution in [2.24, 2.45) is 0 Å². The van der Waals surface area contributed by atoms with Gasteiger partial charge in [-0.25, -0.2) is 0 Å². The van der Waals surface area contributed by atoms with E-state index in [4.69, 9.17) is 9.47 Å². The monoisotopic (exact) mass is 566 g/mol. The molecule has 0 bridgehead atoms. The number of pyridine rings is 2. The van der Waals surface area contributed by atoms with Crippen LogP contribution in [-0.4, -0.2) is 43.8 Å². The summed E-state index contributed by atoms with van der Waals surface area (Å²) in [7, 11) is 3.00. The standard InChI is InChI=1S/2C16H13NO4/c2*1-21-13-8-10-6-7-17(11-2-4-12(18)5-3-11)16(20)15(10)14(19)9-13/h2*2-9,18-19H,1H3. The summed E-state index contributed by atoms with van der Waals surface area (Å²) in [6, 6.07) is 22.2. The van der Waals surface area contributed by atoms with E-state index >= 15 is 0 Å². The van der Waals surface area contributed by atoms with Gasteiger partial charge in [0.1, 0.15) is 34.5 Å². The summed E-state index contributed by atoms with van der Waals surface area (Å²) < 4.78 is 13.0. The molecule has 0 saturated carbocycles. The van der Waals surface area contributed by atoms with Gasteiger partial charge >= 0.3 is 0 Å². The third-order valence-corrected chi connectivity index (χ3v) is 6.64. The minimum Gasteiger partial charge on any atom is -0.508 e. The first-order valence-corrected chi connectivity index (χ1v) is 12.6. The van der Waals surface area contributed by atoms with Gasteiger partial charge in [-0.3, -0.25) is 18.7 Å². The van der Waals surface area contributed by atoms with Gasteiger partial charge < -0.3 is 29.9 Å². The molecular weight excluding hydrogens is 540 g/mol. The first-order chi connectivity index (χ1) is 20.2. The highest BCUT2D eigenvalue weighted by molar-refractivity contribution is 5.89. The van der Waals surface area contributed by atoms with Crippen LogP contribution in [0.25, 0.3) is 32.9 Å². The highest BCUT2D eigenvalue weighted by Gasteiger charge is 2.12. The molecule has 4 aromatic carbocycles. The van der Waals surface area contributed by atoms with E-state index in [9.17, 15) is 30.0 Å². The van der Waals surface area contributed by atoms with E-state index in [0.29, 0.717) is 33.6 Å². The number of aromatic hydroxyl groups is 4. The number of hydrogen-bond donors (Lipinski definition) is 4. The molecule has 0 aliphatic heterocycles. The Morgan fingerprint density at radius 1 is 0.524 bits per heavy atom. The quantitative estimate of drug-likeness (QED) is 0.238. The molecule has 4 N–H and O–H groups in total. The highest BCUT2D eigenvalue weighted by Crippen LogP contribution is 2.29. The van der Waals surface area contributed by atoms with Gasteiger partial charge in [-0.2, -0.15) is 0 Å². The predicted molar refractivity (Wildman–Crippen MR) is 159 cm³/mol. The molecule has 6 aromatic rings. The van der Waals surface area contributed by atoms with Gasteiger partial charge in [0, 0.05) is 35.9 Å². The Morgan fingerprint density at radius 3 is 1.21 bits per heavy atom. The predicted octanol–water partition coefficient (Wildman–Crippen LogP) is 4.82. The summed E-state index contributed by atoms with van der Waals surface area (Å²) in [6.45, 7) is 0. The third kappa shape index (κ3) is 5.28. The van der Waals surface area contributed by atoms with Crippen LogP contribution in [0.5, 0.6) is 34.5 Å². The number of methoxy groups -OCH3 is 2. The average Bonchev–Trinajstić information content (AvgIpc) is 2.98. The number of phenols is 4. The van der Waals surface area contributed by atoms with Crippen LogP contribution in [0.4, 0.5) is 0 Å². The summed E-state index contributed by atoms with van der Waals surface area (Å²) >= 11 is 0. The fourth-order valence-corrected chi connectivity index (χ4v) is 4.53. The van der Waals surface area contributed by atoms with Crippen LogP contribution in [0.3, 0.4) is 0 Å². The molecule has 2 aromatic heterocycles. The maximum absolute atomic E-state index is 12.5. The zero-order valence-electron chi connectivity index (χ0n) is 22.6. The first kappa shape index (κ1) is 27.7. The molecule has 0 saturated heterocycles. The van der Waals surface area contributed by atoms with E-state index in [1.165, 1.54) is 59.8 Å². The van der Waals surface area contributed by atoms with Crippen molar-refractivity contribution < 1.29 is 29.9 Å². The van der Waals surface area contributed by atoms with E-state index in [1.807, 2.05) is 0 Å². The number of ether oxygens (including phenoxy) is 2. The van der Waals surface area contributed by atoms with Gasteiger partial charge in [0.2, 0.25) is 0 Å². The number of rotatable bonds is 4. The van der Waals surface area contributed by atoms with E-state index in [-0.39, 0.29) is 44.9 Å². The Hall–Kier alpha value is -5.90. The second-order valence-corrected chi connectivity index (χ2v) is 9.24. The molecule has 0 fully saturated rings. The molecule has 0 radical (unpaired) electrons. The summed E-state index contributed by atoms with van der Waals surface area (Å²) in [4.78, 5) is 25.1. The maximum atomic E-state index is 12.5. The van der Waals surface area contributed by atoms with Crippen LogP contribution in [0.2, 0.25) is 0 Å². The minimum absolute atomic E-state index is 0.123. The second-order valence-electron chi connectivity index (χ2n) is 9.24. The number of fused-ring (bicyclic) bond motifs is 2. The molecule has 42 heavy (non-hydrogen) atoms. The van der Waals surface area contributed by atoms with Gasteiger partial charge in [-0.15, -0.1) is 0 Å². The Kier molecular flexibility index (Phi) is 7.44. The summed E-state index contributed by atoms with van der Waals surface area (Å²) in [5.74, 6) is 0.980. The first-order valence-electron chi connectivity index (χ1n) is 12.6. The minimum atomic E-state index is -0.335. The lowest BCUT2D eigenvalue weighted by Crippen LogP contribution is -2.17. The summed E-state index contributed by atoms with van der Waals surface area (Å²) in [5.41, 5.74) is 0.543. The molecule has 0 aliphatic rings. The topological polar surface area (TPSA) is 143 Å². The van der Waals surface area contributed by atoms with Crippen LogP contribution in [0, 0.1) is 0 Å². The van der Waals surface area contributed by atoms with Crippen molar-refractivity contribution in [3.05, 3.63) is 118 Å². The molecule has 0 unspecified atom stereocenters. The molecule has 0 aliphatic carbocycles. The molecule has 0 amide bonds. The number of aromatic nitrogens is 2. The van der Waals surface area contributed by atoms with Gasteiger partial charge in [0.15, 0.2) is 0 Å². The van der Waals surface area contributed by atoms with Crippen molar-refractivity contribution >= 4 is 21.5 Å². The van der Waals surface area contributed by atoms with E-state index in [1.54, 1.807) is 60.9 Å². The van der Waals surface area contributed by atoms with Gasteiger partial charge in [-0.1, -0.05) is 0 Å². The number of nitrogens with zero attached hydrogens (tertiary/aromatic N) is 2. The van der Waals surface area contributed by atoms with Crippen molar-refractivity contribution in [2.75, 3.05) is 14.2 Å². The molecule has 0 atom stereocenters. The third-order valence-electron chi connectivity index (χ3n) is 6.64. The van der Waals surface area contributed by atoms with Crippen LogP contribution in [0.1, 0.15) is 0 Å². The second kappa shape index (κ2) is 11.3. The van der Waals surface area contributed by atoms with E-state index in [0.717, 1.165) is 0 Å². The lowest BCUT2D eigenvalue weighted by Gasteiger charge is -2.09. The van der Waals surface area contributed by atoms with E-state index in [2.05, 4.69) is 0 Å². The average molecular weight is 567 g/mol. The van der Waals surface area contributed by atoms with Crippen molar-refractivity contribution in [2.45, 2.75) is 0 Å². The molecular formula is C32H26N2O8. The van der Waals surface area contributed by atoms with Crippen molar-refractivity contribution in [3.63, 3.8) is 0 Å². The normalized spacial score (nSPS) is 10.7. The van der Waals surface area contributed by atoms with Gasteiger partial charge in [-0.05, 0) is 83.6 Å². The Bertz CT molecular complexity index is 1880. The maximum Gasteiger partial charge on any atom is 0.266 e. The molecule has 2 heterocycles. The SMILES string of the molecule is COc1cc(O)c2c(=O)n(-c3ccc(O)cc3)ccc2c1.COc1cc(O)c2c(=O)n(-c3ccc(O)cc3)ccc2c1. The fourth-order valence-electron chi connectivity index (χ4n) is 4.53. The van der Waals surface area contributed by atoms with Gasteiger partial charge in [0.25, 0.3) is 11.1 Å². The van der Waals surface area contributed by atoms with Crippen LogP contribution >= 0.6 is 0 Å². The molecule has 0 spiro atoms. The lowest BCUT2D eigenvalue weighted by molar-refractivity contribution is 0.409. The van der Waals surface area contributed by atoms with Gasteiger partial charge in [0.05, 0.1) is 25.0 Å².